The molecule has 1 aromatic carbocycles. The second-order valence-electron chi connectivity index (χ2n) is 4.20. The van der Waals surface area contributed by atoms with Gasteiger partial charge in [-0.05, 0) is 17.7 Å². The Bertz CT molecular complexity index is 424. The van der Waals surface area contributed by atoms with Crippen molar-refractivity contribution < 1.29 is 28.1 Å². The summed E-state index contributed by atoms with van der Waals surface area (Å²) in [5.41, 5.74) is -0.699. The second-order valence-corrected chi connectivity index (χ2v) is 4.20. The maximum absolute atomic E-state index is 12.9. The summed E-state index contributed by atoms with van der Waals surface area (Å²) in [6, 6.07) is 3.72. The molecule has 0 saturated carbocycles. The summed E-state index contributed by atoms with van der Waals surface area (Å²) < 4.78 is 43.6. The van der Waals surface area contributed by atoms with E-state index < -0.39 is 18.3 Å². The van der Waals surface area contributed by atoms with Crippen LogP contribution in [0.25, 0.3) is 0 Å². The zero-order chi connectivity index (χ0) is 15.2. The van der Waals surface area contributed by atoms with Gasteiger partial charge < -0.3 is 19.8 Å². The Morgan fingerprint density at radius 2 is 1.90 bits per heavy atom. The second kappa shape index (κ2) is 7.47. The summed E-state index contributed by atoms with van der Waals surface area (Å²) >= 11 is 0. The van der Waals surface area contributed by atoms with Crippen LogP contribution in [0.15, 0.2) is 18.2 Å². The standard InChI is InChI=1S/C13H18F3NO3/c1-20-7-5-17(4-6-18)11-3-2-10(9-19)12(8-11)13(14,15)16/h2-3,8,18-19H,4-7,9H2,1H3. The maximum atomic E-state index is 12.9. The average molecular weight is 293 g/mol. The van der Waals surface area contributed by atoms with Crippen LogP contribution >= 0.6 is 0 Å². The number of halogens is 3. The number of aliphatic hydroxyl groups excluding tert-OH is 2. The molecular weight excluding hydrogens is 275 g/mol. The van der Waals surface area contributed by atoms with Gasteiger partial charge in [0.15, 0.2) is 0 Å². The number of benzene rings is 1. The van der Waals surface area contributed by atoms with Crippen LogP contribution in [0.5, 0.6) is 0 Å². The molecule has 0 atom stereocenters. The van der Waals surface area contributed by atoms with Crippen molar-refractivity contribution in [2.45, 2.75) is 12.8 Å². The number of aliphatic hydroxyl groups is 2. The predicted molar refractivity (Wildman–Crippen MR) is 68.5 cm³/mol. The van der Waals surface area contributed by atoms with Crippen molar-refractivity contribution >= 4 is 5.69 Å². The number of rotatable bonds is 7. The minimum absolute atomic E-state index is 0.170. The van der Waals surface area contributed by atoms with Crippen molar-refractivity contribution in [2.75, 3.05) is 38.3 Å². The number of ether oxygens (including phenoxy) is 1. The number of hydrogen-bond acceptors (Lipinski definition) is 4. The molecule has 4 nitrogen and oxygen atoms in total. The molecule has 0 aliphatic heterocycles. The quantitative estimate of drug-likeness (QED) is 0.802. The van der Waals surface area contributed by atoms with Crippen molar-refractivity contribution in [1.82, 2.24) is 0 Å². The molecule has 0 radical (unpaired) electrons. The lowest BCUT2D eigenvalue weighted by atomic mass is 10.1. The highest BCUT2D eigenvalue weighted by atomic mass is 19.4. The van der Waals surface area contributed by atoms with Crippen LogP contribution in [0.2, 0.25) is 0 Å². The van der Waals surface area contributed by atoms with Gasteiger partial charge in [0.1, 0.15) is 0 Å². The lowest BCUT2D eigenvalue weighted by Crippen LogP contribution is -2.30. The fourth-order valence-electron chi connectivity index (χ4n) is 1.86. The fourth-order valence-corrected chi connectivity index (χ4v) is 1.86. The van der Waals surface area contributed by atoms with Crippen LogP contribution in [-0.2, 0) is 17.5 Å². The van der Waals surface area contributed by atoms with E-state index in [1.54, 1.807) is 4.90 Å². The Balaban J connectivity index is 3.10. The molecule has 114 valence electrons. The number of nitrogens with zero attached hydrogens (tertiary/aromatic N) is 1. The van der Waals surface area contributed by atoms with Crippen molar-refractivity contribution in [3.63, 3.8) is 0 Å². The molecule has 2 N–H and O–H groups in total. The SMILES string of the molecule is COCCN(CCO)c1ccc(CO)c(C(F)(F)F)c1. The minimum atomic E-state index is -4.53. The molecule has 1 aromatic rings. The highest BCUT2D eigenvalue weighted by Crippen LogP contribution is 2.34. The average Bonchev–Trinajstić information content (AvgIpc) is 2.42. The zero-order valence-electron chi connectivity index (χ0n) is 11.2. The Morgan fingerprint density at radius 1 is 1.20 bits per heavy atom. The summed E-state index contributed by atoms with van der Waals surface area (Å²) in [5, 5.41) is 18.0. The largest absolute Gasteiger partial charge is 0.416 e. The van der Waals surface area contributed by atoms with Crippen molar-refractivity contribution in [3.05, 3.63) is 29.3 Å². The van der Waals surface area contributed by atoms with Gasteiger partial charge in [0.25, 0.3) is 0 Å². The third-order valence-electron chi connectivity index (χ3n) is 2.87. The number of alkyl halides is 3. The van der Waals surface area contributed by atoms with Crippen molar-refractivity contribution in [3.8, 4) is 0 Å². The summed E-state index contributed by atoms with van der Waals surface area (Å²) in [6.45, 7) is 0.0646. The molecule has 1 rings (SSSR count). The predicted octanol–water partition coefficient (Wildman–Crippen LogP) is 1.64. The van der Waals surface area contributed by atoms with Crippen LogP contribution in [0.1, 0.15) is 11.1 Å². The Morgan fingerprint density at radius 3 is 2.40 bits per heavy atom. The summed E-state index contributed by atoms with van der Waals surface area (Å²) in [7, 11) is 1.49. The summed E-state index contributed by atoms with van der Waals surface area (Å²) in [4.78, 5) is 1.60. The minimum Gasteiger partial charge on any atom is -0.395 e. The first-order chi connectivity index (χ1) is 9.43. The zero-order valence-corrected chi connectivity index (χ0v) is 11.2. The normalized spacial score (nSPS) is 11.7. The lowest BCUT2D eigenvalue weighted by Gasteiger charge is -2.25. The Hall–Kier alpha value is -1.31. The molecule has 0 aliphatic rings. The Kier molecular flexibility index (Phi) is 6.25. The highest BCUT2D eigenvalue weighted by Gasteiger charge is 2.33. The van der Waals surface area contributed by atoms with Crippen LogP contribution in [0, 0.1) is 0 Å². The monoisotopic (exact) mass is 293 g/mol. The topological polar surface area (TPSA) is 52.9 Å². The smallest absolute Gasteiger partial charge is 0.395 e. The first-order valence-corrected chi connectivity index (χ1v) is 6.09. The van der Waals surface area contributed by atoms with Gasteiger partial charge in [0.2, 0.25) is 0 Å². The van der Waals surface area contributed by atoms with Gasteiger partial charge in [0, 0.05) is 25.9 Å². The van der Waals surface area contributed by atoms with Gasteiger partial charge >= 0.3 is 6.18 Å². The highest BCUT2D eigenvalue weighted by molar-refractivity contribution is 5.52. The number of hydrogen-bond donors (Lipinski definition) is 2. The fraction of sp³-hybridized carbons (Fsp3) is 0.538. The van der Waals surface area contributed by atoms with E-state index in [9.17, 15) is 13.2 Å². The summed E-state index contributed by atoms with van der Waals surface area (Å²) in [5.74, 6) is 0. The molecule has 0 heterocycles. The van der Waals surface area contributed by atoms with E-state index in [1.165, 1.54) is 19.2 Å². The molecule has 0 fully saturated rings. The van der Waals surface area contributed by atoms with Crippen LogP contribution in [0.4, 0.5) is 18.9 Å². The van der Waals surface area contributed by atoms with E-state index in [-0.39, 0.29) is 18.7 Å². The maximum Gasteiger partial charge on any atom is 0.416 e. The van der Waals surface area contributed by atoms with Gasteiger partial charge in [-0.15, -0.1) is 0 Å². The third-order valence-corrected chi connectivity index (χ3v) is 2.87. The van der Waals surface area contributed by atoms with E-state index in [2.05, 4.69) is 0 Å². The summed E-state index contributed by atoms with van der Waals surface area (Å²) in [6.07, 6.45) is -4.53. The van der Waals surface area contributed by atoms with Gasteiger partial charge in [-0.2, -0.15) is 13.2 Å². The first-order valence-electron chi connectivity index (χ1n) is 6.09. The molecule has 0 amide bonds. The van der Waals surface area contributed by atoms with Gasteiger partial charge in [0.05, 0.1) is 25.4 Å². The molecule has 0 aromatic heterocycles. The molecule has 0 unspecified atom stereocenters. The van der Waals surface area contributed by atoms with Crippen molar-refractivity contribution in [2.24, 2.45) is 0 Å². The van der Waals surface area contributed by atoms with E-state index in [0.717, 1.165) is 6.07 Å². The van der Waals surface area contributed by atoms with Crippen LogP contribution in [-0.4, -0.2) is 43.6 Å². The lowest BCUT2D eigenvalue weighted by molar-refractivity contribution is -0.138. The molecule has 0 bridgehead atoms. The van der Waals surface area contributed by atoms with E-state index in [4.69, 9.17) is 14.9 Å². The van der Waals surface area contributed by atoms with E-state index in [1.807, 2.05) is 0 Å². The first kappa shape index (κ1) is 16.7. The van der Waals surface area contributed by atoms with Crippen LogP contribution in [0.3, 0.4) is 0 Å². The van der Waals surface area contributed by atoms with Gasteiger partial charge in [-0.25, -0.2) is 0 Å². The molecular formula is C13H18F3NO3. The third kappa shape index (κ3) is 4.36. The van der Waals surface area contributed by atoms with Crippen molar-refractivity contribution in [1.29, 1.82) is 0 Å². The molecule has 7 heteroatoms. The molecule has 20 heavy (non-hydrogen) atoms. The molecule has 0 saturated heterocycles. The van der Waals surface area contributed by atoms with Gasteiger partial charge in [-0.3, -0.25) is 0 Å². The Labute approximate surface area is 115 Å². The van der Waals surface area contributed by atoms with E-state index >= 15 is 0 Å². The number of anilines is 1. The van der Waals surface area contributed by atoms with Gasteiger partial charge in [-0.1, -0.05) is 6.07 Å². The molecule has 0 aliphatic carbocycles. The van der Waals surface area contributed by atoms with E-state index in [0.29, 0.717) is 18.8 Å². The molecule has 0 spiro atoms. The number of methoxy groups -OCH3 is 1. The van der Waals surface area contributed by atoms with Crippen LogP contribution < -0.4 is 4.90 Å².